The van der Waals surface area contributed by atoms with E-state index in [1.54, 1.807) is 18.2 Å². The minimum atomic E-state index is -4.59. The summed E-state index contributed by atoms with van der Waals surface area (Å²) in [5, 5.41) is 3.94. The minimum absolute atomic E-state index is 0.0640. The first kappa shape index (κ1) is 26.4. The summed E-state index contributed by atoms with van der Waals surface area (Å²) in [6, 6.07) is 17.3. The van der Waals surface area contributed by atoms with Gasteiger partial charge in [0.25, 0.3) is 5.91 Å². The molecule has 3 aromatic carbocycles. The summed E-state index contributed by atoms with van der Waals surface area (Å²) >= 11 is 5.86. The predicted molar refractivity (Wildman–Crippen MR) is 127 cm³/mol. The molecule has 0 aliphatic heterocycles. The number of amides is 1. The van der Waals surface area contributed by atoms with Crippen LogP contribution in [0.5, 0.6) is 0 Å². The lowest BCUT2D eigenvalue weighted by Gasteiger charge is -2.22. The van der Waals surface area contributed by atoms with Gasteiger partial charge in [-0.25, -0.2) is 13.8 Å². The molecule has 0 aliphatic rings. The van der Waals surface area contributed by atoms with Crippen molar-refractivity contribution < 1.29 is 26.4 Å². The molecule has 0 aliphatic carbocycles. The lowest BCUT2D eigenvalue weighted by atomic mass is 10.1. The molecule has 3 rings (SSSR count). The number of nitrogens with zero attached hydrogens (tertiary/aromatic N) is 2. The molecule has 0 atom stereocenters. The van der Waals surface area contributed by atoms with Crippen molar-refractivity contribution in [3.63, 3.8) is 0 Å². The van der Waals surface area contributed by atoms with Crippen LogP contribution < -0.4 is 5.43 Å². The van der Waals surface area contributed by atoms with Gasteiger partial charge in [-0.3, -0.25) is 4.79 Å². The van der Waals surface area contributed by atoms with Crippen molar-refractivity contribution in [2.45, 2.75) is 24.5 Å². The van der Waals surface area contributed by atoms with E-state index in [9.17, 15) is 26.4 Å². The number of hydrazone groups is 1. The quantitative estimate of drug-likeness (QED) is 0.333. The Balaban J connectivity index is 1.82. The van der Waals surface area contributed by atoms with Gasteiger partial charge in [0.15, 0.2) is 0 Å². The standard InChI is InChI=1S/C24H21ClF3N3O3S/c1-17-6-2-3-8-19(17)15-31(35(33,34)21-12-10-20(25)11-13-21)16-23(32)30-29-14-18-7-4-5-9-22(18)24(26,27)28/h2-14H,15-16H2,1H3,(H,30,32)/b29-14-. The number of rotatable bonds is 8. The van der Waals surface area contributed by atoms with Crippen molar-refractivity contribution in [3.05, 3.63) is 100 Å². The van der Waals surface area contributed by atoms with E-state index < -0.39 is 34.2 Å². The lowest BCUT2D eigenvalue weighted by Crippen LogP contribution is -2.39. The number of nitrogens with one attached hydrogen (secondary N) is 1. The van der Waals surface area contributed by atoms with Crippen molar-refractivity contribution in [3.8, 4) is 0 Å². The van der Waals surface area contributed by atoms with Gasteiger partial charge in [0.2, 0.25) is 10.0 Å². The van der Waals surface area contributed by atoms with Crippen molar-refractivity contribution in [2.75, 3.05) is 6.54 Å². The average Bonchev–Trinajstić information content (AvgIpc) is 2.80. The van der Waals surface area contributed by atoms with Crippen molar-refractivity contribution in [2.24, 2.45) is 5.10 Å². The van der Waals surface area contributed by atoms with Crippen LogP contribution in [-0.4, -0.2) is 31.4 Å². The van der Waals surface area contributed by atoms with Gasteiger partial charge < -0.3 is 0 Å². The second kappa shape index (κ2) is 11.0. The molecule has 184 valence electrons. The van der Waals surface area contributed by atoms with E-state index in [-0.39, 0.29) is 17.0 Å². The number of carbonyl (C=O) groups is 1. The number of aryl methyl sites for hydroxylation is 1. The average molecular weight is 524 g/mol. The van der Waals surface area contributed by atoms with Crippen LogP contribution in [0, 0.1) is 6.92 Å². The monoisotopic (exact) mass is 523 g/mol. The number of carbonyl (C=O) groups excluding carboxylic acids is 1. The number of halogens is 4. The molecule has 1 amide bonds. The maximum atomic E-state index is 13.3. The van der Waals surface area contributed by atoms with Crippen molar-refractivity contribution in [1.29, 1.82) is 0 Å². The maximum Gasteiger partial charge on any atom is 0.417 e. The van der Waals surface area contributed by atoms with Crippen LogP contribution >= 0.6 is 11.6 Å². The fourth-order valence-electron chi connectivity index (χ4n) is 3.20. The Kier molecular flexibility index (Phi) is 8.31. The molecular weight excluding hydrogens is 503 g/mol. The third-order valence-electron chi connectivity index (χ3n) is 5.04. The Morgan fingerprint density at radius 2 is 1.66 bits per heavy atom. The summed E-state index contributed by atoms with van der Waals surface area (Å²) in [6.07, 6.45) is -3.73. The van der Waals surface area contributed by atoms with Gasteiger partial charge in [-0.15, -0.1) is 0 Å². The number of hydrogen-bond donors (Lipinski definition) is 1. The highest BCUT2D eigenvalue weighted by molar-refractivity contribution is 7.89. The molecule has 35 heavy (non-hydrogen) atoms. The van der Waals surface area contributed by atoms with E-state index >= 15 is 0 Å². The molecule has 0 fully saturated rings. The smallest absolute Gasteiger partial charge is 0.272 e. The van der Waals surface area contributed by atoms with Gasteiger partial charge in [0, 0.05) is 17.1 Å². The largest absolute Gasteiger partial charge is 0.417 e. The van der Waals surface area contributed by atoms with E-state index in [0.717, 1.165) is 22.1 Å². The number of benzene rings is 3. The fraction of sp³-hybridized carbons (Fsp3) is 0.167. The van der Waals surface area contributed by atoms with Crippen molar-refractivity contribution >= 4 is 33.7 Å². The summed E-state index contributed by atoms with van der Waals surface area (Å²) in [5.74, 6) is -0.822. The predicted octanol–water partition coefficient (Wildman–Crippen LogP) is 5.01. The molecule has 11 heteroatoms. The van der Waals surface area contributed by atoms with Gasteiger partial charge >= 0.3 is 6.18 Å². The minimum Gasteiger partial charge on any atom is -0.272 e. The highest BCUT2D eigenvalue weighted by atomic mass is 35.5. The molecule has 0 radical (unpaired) electrons. The van der Waals surface area contributed by atoms with E-state index in [1.807, 2.05) is 13.0 Å². The van der Waals surface area contributed by atoms with Gasteiger partial charge in [0.05, 0.1) is 23.2 Å². The lowest BCUT2D eigenvalue weighted by molar-refractivity contribution is -0.137. The molecule has 0 aromatic heterocycles. The molecule has 0 bridgehead atoms. The Labute approximate surface area is 206 Å². The topological polar surface area (TPSA) is 78.8 Å². The molecule has 1 N–H and O–H groups in total. The highest BCUT2D eigenvalue weighted by Gasteiger charge is 2.32. The Morgan fingerprint density at radius 3 is 2.31 bits per heavy atom. The number of hydrogen-bond acceptors (Lipinski definition) is 4. The summed E-state index contributed by atoms with van der Waals surface area (Å²) < 4.78 is 66.9. The zero-order valence-electron chi connectivity index (χ0n) is 18.5. The van der Waals surface area contributed by atoms with Crippen LogP contribution in [0.1, 0.15) is 22.3 Å². The fourth-order valence-corrected chi connectivity index (χ4v) is 4.70. The van der Waals surface area contributed by atoms with Gasteiger partial charge in [-0.1, -0.05) is 54.1 Å². The first-order chi connectivity index (χ1) is 16.5. The van der Waals surface area contributed by atoms with Crippen LogP contribution in [0.4, 0.5) is 13.2 Å². The molecule has 0 spiro atoms. The van der Waals surface area contributed by atoms with Crippen LogP contribution in [0.15, 0.2) is 82.8 Å². The zero-order chi connectivity index (χ0) is 25.6. The van der Waals surface area contributed by atoms with E-state index in [0.29, 0.717) is 10.6 Å². The normalized spacial score (nSPS) is 12.3. The van der Waals surface area contributed by atoms with Gasteiger partial charge in [-0.05, 0) is 48.4 Å². The van der Waals surface area contributed by atoms with E-state index in [1.165, 1.54) is 42.5 Å². The number of alkyl halides is 3. The summed E-state index contributed by atoms with van der Waals surface area (Å²) in [5.41, 5.74) is 2.46. The second-order valence-electron chi connectivity index (χ2n) is 7.53. The zero-order valence-corrected chi connectivity index (χ0v) is 20.0. The third kappa shape index (κ3) is 6.91. The maximum absolute atomic E-state index is 13.3. The first-order valence-corrected chi connectivity index (χ1v) is 12.1. The Hall–Kier alpha value is -3.21. The van der Waals surface area contributed by atoms with E-state index in [4.69, 9.17) is 11.6 Å². The second-order valence-corrected chi connectivity index (χ2v) is 9.91. The molecular formula is C24H21ClF3N3O3S. The van der Waals surface area contributed by atoms with Gasteiger partial charge in [-0.2, -0.15) is 22.6 Å². The van der Waals surface area contributed by atoms with Crippen LogP contribution in [0.25, 0.3) is 0 Å². The molecule has 3 aromatic rings. The summed E-state index contributed by atoms with van der Waals surface area (Å²) in [4.78, 5) is 12.5. The number of sulfonamides is 1. The Morgan fingerprint density at radius 1 is 1.03 bits per heavy atom. The SMILES string of the molecule is Cc1ccccc1CN(CC(=O)N/N=C\c1ccccc1C(F)(F)F)S(=O)(=O)c1ccc(Cl)cc1. The molecule has 6 nitrogen and oxygen atoms in total. The van der Waals surface area contributed by atoms with Crippen molar-refractivity contribution in [1.82, 2.24) is 9.73 Å². The molecule has 0 saturated carbocycles. The van der Waals surface area contributed by atoms with Gasteiger partial charge in [0.1, 0.15) is 0 Å². The summed E-state index contributed by atoms with van der Waals surface area (Å²) in [7, 11) is -4.12. The van der Waals surface area contributed by atoms with E-state index in [2.05, 4.69) is 10.5 Å². The Bertz CT molecular complexity index is 1330. The first-order valence-electron chi connectivity index (χ1n) is 10.3. The third-order valence-corrected chi connectivity index (χ3v) is 7.10. The molecule has 0 unspecified atom stereocenters. The van der Waals surface area contributed by atoms with Crippen LogP contribution in [0.2, 0.25) is 5.02 Å². The summed E-state index contributed by atoms with van der Waals surface area (Å²) in [6.45, 7) is 1.09. The highest BCUT2D eigenvalue weighted by Crippen LogP contribution is 2.31. The molecule has 0 saturated heterocycles. The molecule has 0 heterocycles. The van der Waals surface area contributed by atoms with Crippen LogP contribution in [0.3, 0.4) is 0 Å². The van der Waals surface area contributed by atoms with Crippen LogP contribution in [-0.2, 0) is 27.5 Å².